The van der Waals surface area contributed by atoms with Crippen LogP contribution in [0, 0.1) is 5.92 Å². The molecule has 0 radical (unpaired) electrons. The van der Waals surface area contributed by atoms with Crippen LogP contribution < -0.4 is 0 Å². The van der Waals surface area contributed by atoms with Gasteiger partial charge in [-0.25, -0.2) is 0 Å². The second-order valence-electron chi connectivity index (χ2n) is 7.16. The highest BCUT2D eigenvalue weighted by Crippen LogP contribution is 2.34. The SMILES string of the molecule is Cn1cc(C(=O)N2CC[C@@H]3[C@@H]2CCN3CC2CCOCC2)cn1. The van der Waals surface area contributed by atoms with Crippen molar-refractivity contribution in [2.24, 2.45) is 13.0 Å². The fraction of sp³-hybridized carbons (Fsp3) is 0.765. The highest BCUT2D eigenvalue weighted by atomic mass is 16.5. The topological polar surface area (TPSA) is 50.6 Å². The van der Waals surface area contributed by atoms with Gasteiger partial charge < -0.3 is 9.64 Å². The number of aryl methyl sites for hydroxylation is 1. The lowest BCUT2D eigenvalue weighted by Gasteiger charge is -2.30. The Morgan fingerprint density at radius 3 is 2.74 bits per heavy atom. The van der Waals surface area contributed by atoms with Gasteiger partial charge in [0.15, 0.2) is 0 Å². The van der Waals surface area contributed by atoms with E-state index in [9.17, 15) is 4.79 Å². The summed E-state index contributed by atoms with van der Waals surface area (Å²) >= 11 is 0. The van der Waals surface area contributed by atoms with E-state index in [0.717, 1.165) is 50.6 Å². The van der Waals surface area contributed by atoms with Crippen molar-refractivity contribution < 1.29 is 9.53 Å². The van der Waals surface area contributed by atoms with Crippen LogP contribution in [0.4, 0.5) is 0 Å². The zero-order chi connectivity index (χ0) is 15.8. The number of carbonyl (C=O) groups excluding carboxylic acids is 1. The Morgan fingerprint density at radius 1 is 1.22 bits per heavy atom. The molecule has 3 fully saturated rings. The summed E-state index contributed by atoms with van der Waals surface area (Å²) in [5.41, 5.74) is 0.719. The standard InChI is InChI=1S/C17H26N4O2/c1-19-12-14(10-18-19)17(22)21-7-3-15-16(21)2-6-20(15)11-13-4-8-23-9-5-13/h10,12-13,15-16H,2-9,11H2,1H3/t15-,16+/m1/s1. The van der Waals surface area contributed by atoms with Gasteiger partial charge >= 0.3 is 0 Å². The largest absolute Gasteiger partial charge is 0.381 e. The molecular weight excluding hydrogens is 292 g/mol. The first kappa shape index (κ1) is 15.1. The molecule has 2 atom stereocenters. The number of hydrogen-bond acceptors (Lipinski definition) is 4. The van der Waals surface area contributed by atoms with E-state index in [0.29, 0.717) is 12.1 Å². The first-order valence-corrected chi connectivity index (χ1v) is 8.84. The summed E-state index contributed by atoms with van der Waals surface area (Å²) in [4.78, 5) is 17.5. The smallest absolute Gasteiger partial charge is 0.257 e. The number of rotatable bonds is 3. The quantitative estimate of drug-likeness (QED) is 0.838. The van der Waals surface area contributed by atoms with Crippen molar-refractivity contribution in [3.63, 3.8) is 0 Å². The zero-order valence-corrected chi connectivity index (χ0v) is 13.9. The van der Waals surface area contributed by atoms with Crippen LogP contribution in [0.1, 0.15) is 36.0 Å². The number of aromatic nitrogens is 2. The molecule has 6 nitrogen and oxygen atoms in total. The summed E-state index contributed by atoms with van der Waals surface area (Å²) in [7, 11) is 1.86. The molecule has 0 aliphatic carbocycles. The van der Waals surface area contributed by atoms with Crippen molar-refractivity contribution in [3.05, 3.63) is 18.0 Å². The van der Waals surface area contributed by atoms with Crippen molar-refractivity contribution in [2.75, 3.05) is 32.8 Å². The minimum absolute atomic E-state index is 0.151. The highest BCUT2D eigenvalue weighted by Gasteiger charge is 2.44. The zero-order valence-electron chi connectivity index (χ0n) is 13.9. The lowest BCUT2D eigenvalue weighted by molar-refractivity contribution is 0.0502. The van der Waals surface area contributed by atoms with Crippen molar-refractivity contribution in [2.45, 2.75) is 37.8 Å². The average molecular weight is 318 g/mol. The minimum Gasteiger partial charge on any atom is -0.381 e. The molecule has 6 heteroatoms. The third-order valence-electron chi connectivity index (χ3n) is 5.74. The maximum atomic E-state index is 12.7. The summed E-state index contributed by atoms with van der Waals surface area (Å²) in [6.45, 7) is 5.02. The van der Waals surface area contributed by atoms with Gasteiger partial charge in [-0.2, -0.15) is 5.10 Å². The Balaban J connectivity index is 1.40. The molecule has 4 heterocycles. The molecule has 3 saturated heterocycles. The number of carbonyl (C=O) groups is 1. The van der Waals surface area contributed by atoms with Crippen LogP contribution in [-0.2, 0) is 11.8 Å². The van der Waals surface area contributed by atoms with Crippen molar-refractivity contribution >= 4 is 5.91 Å². The van der Waals surface area contributed by atoms with Gasteiger partial charge in [-0.3, -0.25) is 14.4 Å². The molecule has 0 saturated carbocycles. The van der Waals surface area contributed by atoms with Gasteiger partial charge in [0, 0.05) is 58.2 Å². The van der Waals surface area contributed by atoms with E-state index >= 15 is 0 Å². The van der Waals surface area contributed by atoms with Crippen LogP contribution in [0.2, 0.25) is 0 Å². The maximum Gasteiger partial charge on any atom is 0.257 e. The molecule has 0 spiro atoms. The fourth-order valence-electron chi connectivity index (χ4n) is 4.51. The lowest BCUT2D eigenvalue weighted by atomic mass is 9.99. The lowest BCUT2D eigenvalue weighted by Crippen LogP contribution is -2.41. The summed E-state index contributed by atoms with van der Waals surface area (Å²) in [5.74, 6) is 0.920. The number of fused-ring (bicyclic) bond motifs is 1. The molecule has 1 aromatic rings. The molecule has 1 aromatic heterocycles. The summed E-state index contributed by atoms with van der Waals surface area (Å²) in [6.07, 6.45) is 8.10. The van der Waals surface area contributed by atoms with Crippen molar-refractivity contribution in [1.82, 2.24) is 19.6 Å². The summed E-state index contributed by atoms with van der Waals surface area (Å²) in [6, 6.07) is 0.945. The first-order chi connectivity index (χ1) is 11.2. The molecule has 3 aliphatic heterocycles. The molecule has 0 bridgehead atoms. The molecular formula is C17H26N4O2. The monoisotopic (exact) mass is 318 g/mol. The van der Waals surface area contributed by atoms with Gasteiger partial charge in [0.05, 0.1) is 11.8 Å². The molecule has 0 aromatic carbocycles. The van der Waals surface area contributed by atoms with Gasteiger partial charge in [0.1, 0.15) is 0 Å². The Labute approximate surface area is 137 Å². The Bertz CT molecular complexity index is 567. The molecule has 4 rings (SSSR count). The molecule has 0 unspecified atom stereocenters. The van der Waals surface area contributed by atoms with Crippen LogP contribution in [-0.4, -0.2) is 70.4 Å². The van der Waals surface area contributed by atoms with Crippen LogP contribution >= 0.6 is 0 Å². The van der Waals surface area contributed by atoms with E-state index in [2.05, 4.69) is 14.9 Å². The van der Waals surface area contributed by atoms with Crippen LogP contribution in [0.5, 0.6) is 0 Å². The van der Waals surface area contributed by atoms with E-state index < -0.39 is 0 Å². The second-order valence-corrected chi connectivity index (χ2v) is 7.16. The molecule has 0 N–H and O–H groups in total. The molecule has 23 heavy (non-hydrogen) atoms. The van der Waals surface area contributed by atoms with Crippen molar-refractivity contribution in [1.29, 1.82) is 0 Å². The fourth-order valence-corrected chi connectivity index (χ4v) is 4.51. The average Bonchev–Trinajstić information content (AvgIpc) is 3.25. The first-order valence-electron chi connectivity index (χ1n) is 8.84. The normalized spacial score (nSPS) is 29.2. The third-order valence-corrected chi connectivity index (χ3v) is 5.74. The number of nitrogens with zero attached hydrogens (tertiary/aromatic N) is 4. The summed E-state index contributed by atoms with van der Waals surface area (Å²) in [5, 5.41) is 4.13. The minimum atomic E-state index is 0.151. The number of likely N-dealkylation sites (tertiary alicyclic amines) is 2. The predicted molar refractivity (Wildman–Crippen MR) is 86.2 cm³/mol. The van der Waals surface area contributed by atoms with E-state index in [1.54, 1.807) is 10.9 Å². The predicted octanol–water partition coefficient (Wildman–Crippen LogP) is 1.14. The number of ether oxygens (including phenoxy) is 1. The van der Waals surface area contributed by atoms with Crippen LogP contribution in [0.3, 0.4) is 0 Å². The van der Waals surface area contributed by atoms with E-state index in [-0.39, 0.29) is 5.91 Å². The molecule has 1 amide bonds. The van der Waals surface area contributed by atoms with Gasteiger partial charge in [0.2, 0.25) is 0 Å². The van der Waals surface area contributed by atoms with Crippen molar-refractivity contribution in [3.8, 4) is 0 Å². The van der Waals surface area contributed by atoms with Gasteiger partial charge in [-0.05, 0) is 31.6 Å². The third kappa shape index (κ3) is 2.90. The Kier molecular flexibility index (Phi) is 4.11. The van der Waals surface area contributed by atoms with Gasteiger partial charge in [-0.1, -0.05) is 0 Å². The van der Waals surface area contributed by atoms with E-state index in [4.69, 9.17) is 4.74 Å². The second kappa shape index (κ2) is 6.24. The Morgan fingerprint density at radius 2 is 2.00 bits per heavy atom. The van der Waals surface area contributed by atoms with E-state index in [1.165, 1.54) is 19.4 Å². The van der Waals surface area contributed by atoms with E-state index in [1.807, 2.05) is 13.2 Å². The maximum absolute atomic E-state index is 12.7. The Hall–Kier alpha value is -1.40. The molecule has 126 valence electrons. The van der Waals surface area contributed by atoms with Gasteiger partial charge in [0.25, 0.3) is 5.91 Å². The van der Waals surface area contributed by atoms with Crippen LogP contribution in [0.25, 0.3) is 0 Å². The highest BCUT2D eigenvalue weighted by molar-refractivity contribution is 5.94. The molecule has 3 aliphatic rings. The van der Waals surface area contributed by atoms with Crippen LogP contribution in [0.15, 0.2) is 12.4 Å². The van der Waals surface area contributed by atoms with Gasteiger partial charge in [-0.15, -0.1) is 0 Å². The summed E-state index contributed by atoms with van der Waals surface area (Å²) < 4.78 is 7.17. The number of hydrogen-bond donors (Lipinski definition) is 0. The number of amides is 1.